The smallest absolute Gasteiger partial charge is 0.261 e. The Labute approximate surface area is 198 Å². The van der Waals surface area contributed by atoms with Gasteiger partial charge in [0.05, 0.1) is 22.7 Å². The van der Waals surface area contributed by atoms with E-state index in [4.69, 9.17) is 16.3 Å². The van der Waals surface area contributed by atoms with Gasteiger partial charge in [0, 0.05) is 17.1 Å². The molecule has 0 bridgehead atoms. The van der Waals surface area contributed by atoms with E-state index in [0.29, 0.717) is 27.8 Å². The van der Waals surface area contributed by atoms with Gasteiger partial charge in [-0.25, -0.2) is 8.42 Å². The number of hydrogen-bond acceptors (Lipinski definition) is 6. The molecule has 3 aromatic rings. The van der Waals surface area contributed by atoms with Gasteiger partial charge in [0.1, 0.15) is 12.1 Å². The molecule has 1 saturated heterocycles. The molecule has 11 heteroatoms. The molecule has 1 aromatic heterocycles. The summed E-state index contributed by atoms with van der Waals surface area (Å²) < 4.78 is 36.3. The van der Waals surface area contributed by atoms with E-state index >= 15 is 0 Å². The zero-order valence-corrected chi connectivity index (χ0v) is 20.0. The van der Waals surface area contributed by atoms with Crippen LogP contribution in [0.15, 0.2) is 53.7 Å². The first-order valence-electron chi connectivity index (χ1n) is 10.0. The highest BCUT2D eigenvalue weighted by Crippen LogP contribution is 2.33. The monoisotopic (exact) mass is 497 g/mol. The maximum absolute atomic E-state index is 13.0. The number of nitrogens with one attached hydrogen (secondary N) is 2. The van der Waals surface area contributed by atoms with Crippen molar-refractivity contribution in [3.8, 4) is 17.1 Å². The minimum atomic E-state index is -3.84. The van der Waals surface area contributed by atoms with Crippen molar-refractivity contribution in [1.29, 1.82) is 0 Å². The molecule has 0 aliphatic carbocycles. The summed E-state index contributed by atoms with van der Waals surface area (Å²) in [5.74, 6) is 1.17. The van der Waals surface area contributed by atoms with E-state index in [1.807, 2.05) is 18.4 Å². The Kier molecular flexibility index (Phi) is 7.66. The fourth-order valence-corrected chi connectivity index (χ4v) is 4.80. The Morgan fingerprint density at radius 1 is 1.22 bits per heavy atom. The standard InChI is InChI=1S/C21H24ClN5O3S.ClH/c1-14(2)30-17-4-6-18(7-5-17)31(28,29)26-20-8-3-15(22)11-19(20)21-25-24-13-27(21)16-9-10-23-12-16;/h3-8,11,13-14,16,23,26H,9-10,12H2,1-2H3;1H/t16-;/m0./s1. The number of aromatic nitrogens is 3. The van der Waals surface area contributed by atoms with Gasteiger partial charge in [0.2, 0.25) is 0 Å². The molecule has 32 heavy (non-hydrogen) atoms. The predicted octanol–water partition coefficient (Wildman–Crippen LogP) is 4.14. The van der Waals surface area contributed by atoms with Gasteiger partial charge in [-0.3, -0.25) is 4.72 Å². The fraction of sp³-hybridized carbons (Fsp3) is 0.333. The molecule has 2 aromatic carbocycles. The van der Waals surface area contributed by atoms with Gasteiger partial charge in [-0.2, -0.15) is 0 Å². The molecule has 172 valence electrons. The Morgan fingerprint density at radius 2 is 1.97 bits per heavy atom. The third kappa shape index (κ3) is 5.35. The first-order valence-corrected chi connectivity index (χ1v) is 11.9. The lowest BCUT2D eigenvalue weighted by atomic mass is 10.1. The third-order valence-electron chi connectivity index (χ3n) is 4.97. The van der Waals surface area contributed by atoms with Crippen LogP contribution < -0.4 is 14.8 Å². The summed E-state index contributed by atoms with van der Waals surface area (Å²) in [7, 11) is -3.84. The Bertz CT molecular complexity index is 1160. The highest BCUT2D eigenvalue weighted by atomic mass is 35.5. The highest BCUT2D eigenvalue weighted by Gasteiger charge is 2.24. The van der Waals surface area contributed by atoms with Gasteiger partial charge in [-0.1, -0.05) is 11.6 Å². The molecule has 1 fully saturated rings. The largest absolute Gasteiger partial charge is 0.491 e. The quantitative estimate of drug-likeness (QED) is 0.508. The predicted molar refractivity (Wildman–Crippen MR) is 127 cm³/mol. The van der Waals surface area contributed by atoms with Crippen LogP contribution >= 0.6 is 24.0 Å². The van der Waals surface area contributed by atoms with Crippen LogP contribution in [-0.4, -0.2) is 42.4 Å². The van der Waals surface area contributed by atoms with Crippen molar-refractivity contribution in [2.45, 2.75) is 37.3 Å². The molecular formula is C21H25Cl2N5O3S. The topological polar surface area (TPSA) is 98.1 Å². The van der Waals surface area contributed by atoms with Crippen molar-refractivity contribution in [3.63, 3.8) is 0 Å². The van der Waals surface area contributed by atoms with Crippen LogP contribution in [0.3, 0.4) is 0 Å². The van der Waals surface area contributed by atoms with Crippen molar-refractivity contribution in [1.82, 2.24) is 20.1 Å². The molecule has 1 atom stereocenters. The molecule has 4 rings (SSSR count). The average Bonchev–Trinajstić information content (AvgIpc) is 3.40. The first-order chi connectivity index (χ1) is 14.8. The lowest BCUT2D eigenvalue weighted by Crippen LogP contribution is -2.16. The molecule has 0 amide bonds. The molecule has 0 spiro atoms. The molecule has 8 nitrogen and oxygen atoms in total. The zero-order valence-electron chi connectivity index (χ0n) is 17.7. The van der Waals surface area contributed by atoms with Crippen molar-refractivity contribution < 1.29 is 13.2 Å². The van der Waals surface area contributed by atoms with E-state index in [2.05, 4.69) is 20.2 Å². The zero-order chi connectivity index (χ0) is 22.0. The van der Waals surface area contributed by atoms with Crippen molar-refractivity contribution >= 4 is 39.7 Å². The first kappa shape index (κ1) is 24.3. The molecule has 0 unspecified atom stereocenters. The lowest BCUT2D eigenvalue weighted by Gasteiger charge is -2.17. The van der Waals surface area contributed by atoms with E-state index in [9.17, 15) is 8.42 Å². The summed E-state index contributed by atoms with van der Waals surface area (Å²) in [6.07, 6.45) is 2.61. The van der Waals surface area contributed by atoms with Crippen LogP contribution in [0.5, 0.6) is 5.75 Å². The summed E-state index contributed by atoms with van der Waals surface area (Å²) in [6.45, 7) is 5.54. The SMILES string of the molecule is CC(C)Oc1ccc(S(=O)(=O)Nc2ccc(Cl)cc2-c2nncn2[C@H]2CCNC2)cc1.Cl. The molecule has 0 radical (unpaired) electrons. The average molecular weight is 498 g/mol. The number of halogens is 2. The van der Waals surface area contributed by atoms with Crippen LogP contribution in [0.25, 0.3) is 11.4 Å². The van der Waals surface area contributed by atoms with Crippen LogP contribution in [0.1, 0.15) is 26.3 Å². The lowest BCUT2D eigenvalue weighted by molar-refractivity contribution is 0.242. The van der Waals surface area contributed by atoms with Gasteiger partial charge in [0.15, 0.2) is 5.82 Å². The van der Waals surface area contributed by atoms with Gasteiger partial charge < -0.3 is 14.6 Å². The molecule has 1 aliphatic heterocycles. The van der Waals surface area contributed by atoms with Crippen LogP contribution in [0.2, 0.25) is 5.02 Å². The van der Waals surface area contributed by atoms with Gasteiger partial charge in [-0.05, 0) is 69.3 Å². The summed E-state index contributed by atoms with van der Waals surface area (Å²) in [6, 6.07) is 11.5. The van der Waals surface area contributed by atoms with Gasteiger partial charge in [0.25, 0.3) is 10.0 Å². The van der Waals surface area contributed by atoms with E-state index in [0.717, 1.165) is 19.5 Å². The summed E-state index contributed by atoms with van der Waals surface area (Å²) in [4.78, 5) is 0.131. The normalized spacial score (nSPS) is 16.1. The number of benzene rings is 2. The van der Waals surface area contributed by atoms with E-state index < -0.39 is 10.0 Å². The Morgan fingerprint density at radius 3 is 2.62 bits per heavy atom. The molecule has 2 heterocycles. The van der Waals surface area contributed by atoms with Crippen LogP contribution in [0, 0.1) is 0 Å². The maximum atomic E-state index is 13.0. The molecule has 2 N–H and O–H groups in total. The summed E-state index contributed by atoms with van der Waals surface area (Å²) in [5, 5.41) is 12.1. The van der Waals surface area contributed by atoms with E-state index in [1.165, 1.54) is 12.1 Å². The minimum Gasteiger partial charge on any atom is -0.491 e. The molecular weight excluding hydrogens is 473 g/mol. The van der Waals surface area contributed by atoms with E-state index in [-0.39, 0.29) is 29.4 Å². The maximum Gasteiger partial charge on any atom is 0.261 e. The number of ether oxygens (including phenoxy) is 1. The number of hydrogen-bond donors (Lipinski definition) is 2. The second-order valence-corrected chi connectivity index (χ2v) is 9.76. The minimum absolute atomic E-state index is 0. The number of sulfonamides is 1. The summed E-state index contributed by atoms with van der Waals surface area (Å²) >= 11 is 6.23. The second kappa shape index (κ2) is 10.1. The van der Waals surface area contributed by atoms with E-state index in [1.54, 1.807) is 36.7 Å². The second-order valence-electron chi connectivity index (χ2n) is 7.64. The number of nitrogens with zero attached hydrogens (tertiary/aromatic N) is 3. The van der Waals surface area contributed by atoms with Gasteiger partial charge in [-0.15, -0.1) is 22.6 Å². The molecule has 0 saturated carbocycles. The third-order valence-corrected chi connectivity index (χ3v) is 6.59. The molecule has 1 aliphatic rings. The number of anilines is 1. The van der Waals surface area contributed by atoms with Crippen molar-refractivity contribution in [2.24, 2.45) is 0 Å². The fourth-order valence-electron chi connectivity index (χ4n) is 3.54. The Balaban J connectivity index is 0.00000289. The van der Waals surface area contributed by atoms with Crippen LogP contribution in [0.4, 0.5) is 5.69 Å². The summed E-state index contributed by atoms with van der Waals surface area (Å²) in [5.41, 5.74) is 0.951. The Hall–Kier alpha value is -2.33. The highest BCUT2D eigenvalue weighted by molar-refractivity contribution is 7.92. The van der Waals surface area contributed by atoms with Gasteiger partial charge >= 0.3 is 0 Å². The van der Waals surface area contributed by atoms with Crippen LogP contribution in [-0.2, 0) is 10.0 Å². The number of rotatable bonds is 7. The van der Waals surface area contributed by atoms with Crippen molar-refractivity contribution in [3.05, 3.63) is 53.8 Å². The van der Waals surface area contributed by atoms with Crippen molar-refractivity contribution in [2.75, 3.05) is 17.8 Å².